The van der Waals surface area contributed by atoms with E-state index < -0.39 is 7.60 Å². The third-order valence-electron chi connectivity index (χ3n) is 2.24. The molecule has 96 valence electrons. The van der Waals surface area contributed by atoms with E-state index in [-0.39, 0.29) is 6.61 Å². The first-order valence-electron chi connectivity index (χ1n) is 5.82. The number of rotatable bonds is 4. The summed E-state index contributed by atoms with van der Waals surface area (Å²) in [5.74, 6) is 6.70. The Morgan fingerprint density at radius 2 is 2.00 bits per heavy atom. The van der Waals surface area contributed by atoms with Gasteiger partial charge < -0.3 is 9.42 Å². The van der Waals surface area contributed by atoms with E-state index in [1.54, 1.807) is 6.92 Å². The summed E-state index contributed by atoms with van der Waals surface area (Å²) in [6, 6.07) is 7.90. The molecule has 4 heteroatoms. The van der Waals surface area contributed by atoms with Crippen molar-refractivity contribution in [1.29, 1.82) is 0 Å². The highest BCUT2D eigenvalue weighted by atomic mass is 31.2. The highest BCUT2D eigenvalue weighted by Gasteiger charge is 2.11. The third-order valence-corrected chi connectivity index (χ3v) is 3.39. The summed E-state index contributed by atoms with van der Waals surface area (Å²) < 4.78 is 16.0. The molecule has 0 aliphatic heterocycles. The fourth-order valence-corrected chi connectivity index (χ4v) is 2.03. The van der Waals surface area contributed by atoms with Crippen molar-refractivity contribution in [3.05, 3.63) is 47.3 Å². The van der Waals surface area contributed by atoms with Gasteiger partial charge in [-0.3, -0.25) is 4.57 Å². The van der Waals surface area contributed by atoms with Crippen molar-refractivity contribution in [1.82, 2.24) is 0 Å². The van der Waals surface area contributed by atoms with Crippen molar-refractivity contribution in [2.24, 2.45) is 0 Å². The van der Waals surface area contributed by atoms with Crippen LogP contribution < -0.4 is 0 Å². The van der Waals surface area contributed by atoms with E-state index in [1.165, 1.54) is 11.6 Å². The van der Waals surface area contributed by atoms with E-state index in [9.17, 15) is 9.46 Å². The molecule has 3 nitrogen and oxygen atoms in total. The van der Waals surface area contributed by atoms with Crippen molar-refractivity contribution in [3.8, 4) is 11.8 Å². The van der Waals surface area contributed by atoms with Gasteiger partial charge in [-0.15, -0.1) is 0 Å². The van der Waals surface area contributed by atoms with Gasteiger partial charge in [0.2, 0.25) is 0 Å². The van der Waals surface area contributed by atoms with Gasteiger partial charge in [0.1, 0.15) is 0 Å². The highest BCUT2D eigenvalue weighted by molar-refractivity contribution is 7.56. The molecule has 0 spiro atoms. The number of allylic oxidation sites excluding steroid dienone is 1. The summed E-state index contributed by atoms with van der Waals surface area (Å²) in [5.41, 5.74) is 2.13. The van der Waals surface area contributed by atoms with Gasteiger partial charge in [0.25, 0.3) is 0 Å². The summed E-state index contributed by atoms with van der Waals surface area (Å²) >= 11 is 0. The lowest BCUT2D eigenvalue weighted by Crippen LogP contribution is -1.84. The minimum absolute atomic E-state index is 0.198. The van der Waals surface area contributed by atoms with Crippen LogP contribution in [0.2, 0.25) is 0 Å². The summed E-state index contributed by atoms with van der Waals surface area (Å²) in [7, 11) is -3.61. The molecule has 0 saturated heterocycles. The smallest absolute Gasteiger partial charge is 0.321 e. The molecule has 1 aromatic carbocycles. The molecule has 0 radical (unpaired) electrons. The molecule has 1 rings (SSSR count). The fourth-order valence-electron chi connectivity index (χ4n) is 1.31. The molecular formula is C14H17O3P. The molecule has 0 aliphatic rings. The predicted molar refractivity (Wildman–Crippen MR) is 73.3 cm³/mol. The molecule has 0 heterocycles. The maximum absolute atomic E-state index is 11.3. The highest BCUT2D eigenvalue weighted by Crippen LogP contribution is 2.42. The lowest BCUT2D eigenvalue weighted by atomic mass is 10.1. The minimum Gasteiger partial charge on any atom is -0.321 e. The zero-order chi connectivity index (χ0) is 13.4. The van der Waals surface area contributed by atoms with Crippen LogP contribution in [0.5, 0.6) is 0 Å². The molecule has 0 aromatic heterocycles. The molecule has 1 N–H and O–H groups in total. The lowest BCUT2D eigenvalue weighted by Gasteiger charge is -2.02. The van der Waals surface area contributed by atoms with Crippen molar-refractivity contribution < 1.29 is 14.0 Å². The Balaban J connectivity index is 2.65. The molecule has 0 fully saturated rings. The molecular weight excluding hydrogens is 247 g/mol. The van der Waals surface area contributed by atoms with Crippen LogP contribution in [0.15, 0.2) is 36.2 Å². The second kappa shape index (κ2) is 7.18. The SMILES string of the molecule is CCOP(=O)(O)/C=C\C#Cc1ccc(CC)cc1. The number of aryl methyl sites for hydroxylation is 1. The van der Waals surface area contributed by atoms with Crippen LogP contribution in [0.1, 0.15) is 25.0 Å². The monoisotopic (exact) mass is 264 g/mol. The van der Waals surface area contributed by atoms with Crippen LogP contribution in [0.4, 0.5) is 0 Å². The van der Waals surface area contributed by atoms with Crippen LogP contribution in [0.25, 0.3) is 0 Å². The first-order chi connectivity index (χ1) is 8.57. The van der Waals surface area contributed by atoms with Gasteiger partial charge in [-0.2, -0.15) is 0 Å². The van der Waals surface area contributed by atoms with Crippen molar-refractivity contribution in [3.63, 3.8) is 0 Å². The van der Waals surface area contributed by atoms with E-state index in [0.29, 0.717) is 0 Å². The van der Waals surface area contributed by atoms with Crippen LogP contribution in [-0.2, 0) is 15.5 Å². The molecule has 1 unspecified atom stereocenters. The van der Waals surface area contributed by atoms with Gasteiger partial charge >= 0.3 is 7.60 Å². The number of benzene rings is 1. The van der Waals surface area contributed by atoms with E-state index in [2.05, 4.69) is 23.3 Å². The quantitative estimate of drug-likeness (QED) is 0.670. The fraction of sp³-hybridized carbons (Fsp3) is 0.286. The second-order valence-electron chi connectivity index (χ2n) is 3.62. The van der Waals surface area contributed by atoms with Gasteiger partial charge in [0, 0.05) is 11.4 Å². The Morgan fingerprint density at radius 1 is 1.33 bits per heavy atom. The zero-order valence-corrected chi connectivity index (χ0v) is 11.5. The predicted octanol–water partition coefficient (Wildman–Crippen LogP) is 3.34. The van der Waals surface area contributed by atoms with E-state index in [0.717, 1.165) is 17.8 Å². The average Bonchev–Trinajstić information content (AvgIpc) is 2.35. The molecule has 1 aromatic rings. The summed E-state index contributed by atoms with van der Waals surface area (Å²) in [6.07, 6.45) is 2.35. The van der Waals surface area contributed by atoms with Crippen LogP contribution in [0.3, 0.4) is 0 Å². The summed E-state index contributed by atoms with van der Waals surface area (Å²) in [5, 5.41) is 0. The van der Waals surface area contributed by atoms with Crippen molar-refractivity contribution in [2.75, 3.05) is 6.61 Å². The Morgan fingerprint density at radius 3 is 2.56 bits per heavy atom. The van der Waals surface area contributed by atoms with Crippen LogP contribution >= 0.6 is 7.60 Å². The first-order valence-corrected chi connectivity index (χ1v) is 7.47. The van der Waals surface area contributed by atoms with Gasteiger partial charge in [-0.25, -0.2) is 0 Å². The zero-order valence-electron chi connectivity index (χ0n) is 10.6. The number of hydrogen-bond acceptors (Lipinski definition) is 2. The van der Waals surface area contributed by atoms with Gasteiger partial charge in [0.15, 0.2) is 0 Å². The van der Waals surface area contributed by atoms with Crippen LogP contribution in [-0.4, -0.2) is 11.5 Å². The van der Waals surface area contributed by atoms with E-state index >= 15 is 0 Å². The van der Waals surface area contributed by atoms with Crippen molar-refractivity contribution in [2.45, 2.75) is 20.3 Å². The lowest BCUT2D eigenvalue weighted by molar-refractivity contribution is 0.283. The molecule has 18 heavy (non-hydrogen) atoms. The van der Waals surface area contributed by atoms with E-state index in [4.69, 9.17) is 0 Å². The Kier molecular flexibility index (Phi) is 5.88. The molecule has 0 amide bonds. The van der Waals surface area contributed by atoms with E-state index in [1.807, 2.05) is 24.3 Å². The minimum atomic E-state index is -3.61. The molecule has 0 aliphatic carbocycles. The topological polar surface area (TPSA) is 46.5 Å². The summed E-state index contributed by atoms with van der Waals surface area (Å²) in [6.45, 7) is 3.96. The molecule has 1 atom stereocenters. The van der Waals surface area contributed by atoms with Crippen molar-refractivity contribution >= 4 is 7.60 Å². The average molecular weight is 264 g/mol. The second-order valence-corrected chi connectivity index (χ2v) is 5.30. The summed E-state index contributed by atoms with van der Waals surface area (Å²) in [4.78, 5) is 9.26. The third kappa shape index (κ3) is 5.33. The van der Waals surface area contributed by atoms with Gasteiger partial charge in [-0.1, -0.05) is 30.9 Å². The maximum Gasteiger partial charge on any atom is 0.352 e. The van der Waals surface area contributed by atoms with Gasteiger partial charge in [-0.05, 0) is 37.1 Å². The number of hydrogen-bond donors (Lipinski definition) is 1. The van der Waals surface area contributed by atoms with Crippen LogP contribution in [0, 0.1) is 11.8 Å². The van der Waals surface area contributed by atoms with Gasteiger partial charge in [0.05, 0.1) is 6.61 Å². The Labute approximate surface area is 108 Å². The Bertz CT molecular complexity index is 506. The normalized spacial score (nSPS) is 13.9. The molecule has 0 saturated carbocycles. The standard InChI is InChI=1S/C14H17O3P/c1-3-13-8-10-14(11-9-13)7-5-6-12-18(15,16)17-4-2/h6,8-12H,3-4H2,1-2H3,(H,15,16)/b12-6-. The largest absolute Gasteiger partial charge is 0.352 e. The molecule has 0 bridgehead atoms. The maximum atomic E-state index is 11.3. The first kappa shape index (κ1) is 14.7. The Hall–Kier alpha value is -1.33.